The van der Waals surface area contributed by atoms with Crippen LogP contribution in [0.4, 0.5) is 0 Å². The highest BCUT2D eigenvalue weighted by atomic mass is 127. The summed E-state index contributed by atoms with van der Waals surface area (Å²) in [5.74, 6) is -0.236. The zero-order valence-electron chi connectivity index (χ0n) is 10.5. The number of nitrogens with one attached hydrogen (secondary N) is 1. The fraction of sp³-hybridized carbons (Fsp3) is 0.385. The van der Waals surface area contributed by atoms with Gasteiger partial charge in [-0.1, -0.05) is 15.9 Å². The molecule has 1 aromatic carbocycles. The Balaban J connectivity index is 2.01. The average molecular weight is 437 g/mol. The van der Waals surface area contributed by atoms with Crippen molar-refractivity contribution in [3.8, 4) is 0 Å². The summed E-state index contributed by atoms with van der Waals surface area (Å²) < 4.78 is 1.73. The summed E-state index contributed by atoms with van der Waals surface area (Å²) in [5, 5.41) is 2.87. The first-order valence-electron chi connectivity index (χ1n) is 5.97. The first-order valence-corrected chi connectivity index (χ1v) is 7.84. The topological polar surface area (TPSA) is 49.4 Å². The van der Waals surface area contributed by atoms with Gasteiger partial charge >= 0.3 is 0 Å². The smallest absolute Gasteiger partial charge is 0.255 e. The molecular formula is C13H14BrIN2O2. The summed E-state index contributed by atoms with van der Waals surface area (Å²) in [6, 6.07) is 5.86. The van der Waals surface area contributed by atoms with Gasteiger partial charge in [0.2, 0.25) is 5.91 Å². The maximum absolute atomic E-state index is 12.3. The van der Waals surface area contributed by atoms with Crippen LogP contribution in [-0.4, -0.2) is 36.3 Å². The number of halogens is 2. The van der Waals surface area contributed by atoms with E-state index in [-0.39, 0.29) is 18.4 Å². The molecule has 6 heteroatoms. The van der Waals surface area contributed by atoms with E-state index in [2.05, 4.69) is 43.8 Å². The molecule has 2 amide bonds. The highest BCUT2D eigenvalue weighted by Crippen LogP contribution is 2.20. The zero-order valence-corrected chi connectivity index (χ0v) is 14.2. The third-order valence-electron chi connectivity index (χ3n) is 2.83. The summed E-state index contributed by atoms with van der Waals surface area (Å²) in [6.07, 6.45) is 2.10. The number of amides is 2. The molecule has 0 heterocycles. The zero-order chi connectivity index (χ0) is 14.0. The van der Waals surface area contributed by atoms with Gasteiger partial charge in [0.1, 0.15) is 0 Å². The molecule has 1 N–H and O–H groups in total. The number of hydrogen-bond acceptors (Lipinski definition) is 2. The Morgan fingerprint density at radius 2 is 2.16 bits per heavy atom. The number of likely N-dealkylation sites (N-methyl/N-ethyl adjacent to an activating group) is 1. The van der Waals surface area contributed by atoms with Gasteiger partial charge in [-0.3, -0.25) is 9.59 Å². The van der Waals surface area contributed by atoms with E-state index in [0.29, 0.717) is 11.6 Å². The Morgan fingerprint density at radius 1 is 1.47 bits per heavy atom. The van der Waals surface area contributed by atoms with E-state index in [1.165, 1.54) is 4.90 Å². The average Bonchev–Trinajstić information content (AvgIpc) is 3.15. The minimum Gasteiger partial charge on any atom is -0.352 e. The summed E-state index contributed by atoms with van der Waals surface area (Å²) in [7, 11) is 1.64. The lowest BCUT2D eigenvalue weighted by Crippen LogP contribution is -2.39. The summed E-state index contributed by atoms with van der Waals surface area (Å²) in [5.41, 5.74) is 0.608. The molecule has 102 valence electrons. The van der Waals surface area contributed by atoms with Crippen LogP contribution in [0.3, 0.4) is 0 Å². The molecule has 1 aliphatic carbocycles. The van der Waals surface area contributed by atoms with Crippen molar-refractivity contribution < 1.29 is 9.59 Å². The molecule has 1 aliphatic rings. The van der Waals surface area contributed by atoms with Gasteiger partial charge in [-0.05, 0) is 53.6 Å². The van der Waals surface area contributed by atoms with Crippen LogP contribution in [0.2, 0.25) is 0 Å². The fourth-order valence-electron chi connectivity index (χ4n) is 1.66. The standard InChI is InChI=1S/C13H14BrIN2O2/c1-17(7-12(18)16-9-3-4-9)13(19)10-6-8(14)2-5-11(10)15/h2,5-6,9H,3-4,7H2,1H3,(H,16,18). The van der Waals surface area contributed by atoms with E-state index >= 15 is 0 Å². The molecule has 0 spiro atoms. The quantitative estimate of drug-likeness (QED) is 0.737. The summed E-state index contributed by atoms with van der Waals surface area (Å²) in [4.78, 5) is 25.4. The Hall–Kier alpha value is -0.630. The predicted molar refractivity (Wildman–Crippen MR) is 85.0 cm³/mol. The van der Waals surface area contributed by atoms with E-state index in [1.807, 2.05) is 12.1 Å². The highest BCUT2D eigenvalue weighted by Gasteiger charge is 2.24. The lowest BCUT2D eigenvalue weighted by Gasteiger charge is -2.17. The van der Waals surface area contributed by atoms with E-state index in [1.54, 1.807) is 13.1 Å². The van der Waals surface area contributed by atoms with Crippen LogP contribution < -0.4 is 5.32 Å². The number of carbonyl (C=O) groups is 2. The Bertz CT molecular complexity index is 517. The highest BCUT2D eigenvalue weighted by molar-refractivity contribution is 14.1. The fourth-order valence-corrected chi connectivity index (χ4v) is 2.58. The van der Waals surface area contributed by atoms with Crippen LogP contribution in [-0.2, 0) is 4.79 Å². The van der Waals surface area contributed by atoms with Crippen LogP contribution in [0, 0.1) is 3.57 Å². The molecule has 19 heavy (non-hydrogen) atoms. The largest absolute Gasteiger partial charge is 0.352 e. The number of benzene rings is 1. The third-order valence-corrected chi connectivity index (χ3v) is 4.26. The lowest BCUT2D eigenvalue weighted by molar-refractivity contribution is -0.121. The molecule has 1 aromatic rings. The van der Waals surface area contributed by atoms with Gasteiger partial charge < -0.3 is 10.2 Å². The van der Waals surface area contributed by atoms with E-state index < -0.39 is 0 Å². The monoisotopic (exact) mass is 436 g/mol. The van der Waals surface area contributed by atoms with Gasteiger partial charge in [0.15, 0.2) is 0 Å². The molecule has 0 aliphatic heterocycles. The van der Waals surface area contributed by atoms with Gasteiger partial charge in [-0.15, -0.1) is 0 Å². The molecule has 0 unspecified atom stereocenters. The SMILES string of the molecule is CN(CC(=O)NC1CC1)C(=O)c1cc(Br)ccc1I. The Labute approximate surface area is 134 Å². The minimum atomic E-state index is -0.142. The van der Waals surface area contributed by atoms with Gasteiger partial charge in [-0.2, -0.15) is 0 Å². The Kier molecular flexibility index (Phi) is 4.83. The number of carbonyl (C=O) groups excluding carboxylic acids is 2. The second-order valence-corrected chi connectivity index (χ2v) is 6.71. The molecule has 0 saturated heterocycles. The van der Waals surface area contributed by atoms with Crippen LogP contribution in [0.5, 0.6) is 0 Å². The molecule has 0 bridgehead atoms. The first-order chi connectivity index (χ1) is 8.97. The van der Waals surface area contributed by atoms with E-state index in [4.69, 9.17) is 0 Å². The maximum Gasteiger partial charge on any atom is 0.255 e. The summed E-state index contributed by atoms with van der Waals surface area (Å²) in [6.45, 7) is 0.0952. The van der Waals surface area contributed by atoms with E-state index in [0.717, 1.165) is 20.9 Å². The van der Waals surface area contributed by atoms with Crippen molar-refractivity contribution in [3.63, 3.8) is 0 Å². The van der Waals surface area contributed by atoms with Gasteiger partial charge in [-0.25, -0.2) is 0 Å². The number of nitrogens with zero attached hydrogens (tertiary/aromatic N) is 1. The van der Waals surface area contributed by atoms with Crippen LogP contribution in [0.25, 0.3) is 0 Å². The molecule has 2 rings (SSSR count). The molecule has 1 saturated carbocycles. The lowest BCUT2D eigenvalue weighted by atomic mass is 10.2. The third kappa shape index (κ3) is 4.17. The van der Waals surface area contributed by atoms with E-state index in [9.17, 15) is 9.59 Å². The molecule has 0 radical (unpaired) electrons. The van der Waals surface area contributed by atoms with Crippen LogP contribution in [0.1, 0.15) is 23.2 Å². The number of hydrogen-bond donors (Lipinski definition) is 1. The molecular weight excluding hydrogens is 423 g/mol. The minimum absolute atomic E-state index is 0.0941. The molecule has 0 atom stereocenters. The first kappa shape index (κ1) is 14.8. The van der Waals surface area contributed by atoms with Gasteiger partial charge in [0.05, 0.1) is 12.1 Å². The van der Waals surface area contributed by atoms with Crippen LogP contribution in [0.15, 0.2) is 22.7 Å². The van der Waals surface area contributed by atoms with Crippen molar-refractivity contribution in [2.45, 2.75) is 18.9 Å². The van der Waals surface area contributed by atoms with Crippen LogP contribution >= 0.6 is 38.5 Å². The molecule has 1 fully saturated rings. The summed E-state index contributed by atoms with van der Waals surface area (Å²) >= 11 is 5.47. The normalized spacial score (nSPS) is 14.1. The van der Waals surface area contributed by atoms with Gasteiger partial charge in [0.25, 0.3) is 5.91 Å². The van der Waals surface area contributed by atoms with Gasteiger partial charge in [0, 0.05) is 21.1 Å². The second kappa shape index (κ2) is 6.21. The van der Waals surface area contributed by atoms with Crippen molar-refractivity contribution in [3.05, 3.63) is 31.8 Å². The predicted octanol–water partition coefficient (Wildman–Crippen LogP) is 2.40. The van der Waals surface area contributed by atoms with Crippen molar-refractivity contribution in [1.82, 2.24) is 10.2 Å². The maximum atomic E-state index is 12.3. The molecule has 4 nitrogen and oxygen atoms in total. The van der Waals surface area contributed by atoms with Crippen molar-refractivity contribution in [1.29, 1.82) is 0 Å². The van der Waals surface area contributed by atoms with Crippen molar-refractivity contribution >= 4 is 50.3 Å². The Morgan fingerprint density at radius 3 is 2.79 bits per heavy atom. The number of rotatable bonds is 4. The van der Waals surface area contributed by atoms with Crippen molar-refractivity contribution in [2.75, 3.05) is 13.6 Å². The van der Waals surface area contributed by atoms with Crippen molar-refractivity contribution in [2.24, 2.45) is 0 Å². The second-order valence-electron chi connectivity index (χ2n) is 4.63. The molecule has 0 aromatic heterocycles.